The molecule has 1 aromatic rings. The molecule has 0 saturated heterocycles. The molecule has 94 valence electrons. The van der Waals surface area contributed by atoms with Crippen LogP contribution < -0.4 is 4.52 Å². The molecular formula is C10H11F2O4P. The quantitative estimate of drug-likeness (QED) is 0.431. The van der Waals surface area contributed by atoms with Crippen molar-refractivity contribution < 1.29 is 27.2 Å². The average molecular weight is 264 g/mol. The molecule has 1 unspecified atom stereocenters. The Morgan fingerprint density at radius 2 is 1.94 bits per heavy atom. The first kappa shape index (κ1) is 13.8. The van der Waals surface area contributed by atoms with Crippen molar-refractivity contribution in [2.24, 2.45) is 0 Å². The van der Waals surface area contributed by atoms with Crippen LogP contribution in [0.15, 0.2) is 30.3 Å². The van der Waals surface area contributed by atoms with E-state index in [1.54, 1.807) is 18.2 Å². The molecule has 0 spiro atoms. The van der Waals surface area contributed by atoms with Crippen molar-refractivity contribution >= 4 is 13.9 Å². The number of hydrogen-bond donors (Lipinski definition) is 0. The van der Waals surface area contributed by atoms with Crippen LogP contribution in [0.25, 0.3) is 0 Å². The van der Waals surface area contributed by atoms with Crippen molar-refractivity contribution in [2.45, 2.75) is 12.6 Å². The maximum atomic E-state index is 12.6. The number of carbonyl (C=O) groups excluding carboxylic acids is 1. The fourth-order valence-corrected chi connectivity index (χ4v) is 2.00. The third-order valence-corrected chi connectivity index (χ3v) is 3.21. The maximum absolute atomic E-state index is 12.6. The highest BCUT2D eigenvalue weighted by molar-refractivity contribution is 7.54. The van der Waals surface area contributed by atoms with Crippen molar-refractivity contribution in [1.29, 1.82) is 0 Å². The molecule has 0 heterocycles. The van der Waals surface area contributed by atoms with Gasteiger partial charge in [0.25, 0.3) is 0 Å². The molecule has 0 radical (unpaired) electrons. The molecule has 0 bridgehead atoms. The SMILES string of the molecule is O=CCCOP(=O)(Oc1ccccc1)C(F)F. The Kier molecular flexibility index (Phi) is 5.25. The molecule has 0 aliphatic rings. The normalized spacial score (nSPS) is 14.3. The van der Waals surface area contributed by atoms with Crippen molar-refractivity contribution in [2.75, 3.05) is 6.61 Å². The Balaban J connectivity index is 2.71. The highest BCUT2D eigenvalue weighted by atomic mass is 31.2. The Morgan fingerprint density at radius 1 is 1.29 bits per heavy atom. The Hall–Kier alpha value is -1.26. The number of para-hydroxylation sites is 1. The summed E-state index contributed by atoms with van der Waals surface area (Å²) in [7, 11) is -4.54. The summed E-state index contributed by atoms with van der Waals surface area (Å²) in [6, 6.07) is 7.54. The third kappa shape index (κ3) is 4.24. The van der Waals surface area contributed by atoms with Crippen LogP contribution in [0.3, 0.4) is 0 Å². The van der Waals surface area contributed by atoms with E-state index in [1.807, 2.05) is 0 Å². The summed E-state index contributed by atoms with van der Waals surface area (Å²) in [6.07, 6.45) is -2.89. The molecule has 1 rings (SSSR count). The summed E-state index contributed by atoms with van der Waals surface area (Å²) in [5.74, 6) is 0.0298. The van der Waals surface area contributed by atoms with E-state index in [9.17, 15) is 18.1 Å². The van der Waals surface area contributed by atoms with Crippen LogP contribution in [0, 0.1) is 0 Å². The summed E-state index contributed by atoms with van der Waals surface area (Å²) in [6.45, 7) is -0.363. The number of halogens is 2. The van der Waals surface area contributed by atoms with Gasteiger partial charge in [-0.1, -0.05) is 18.2 Å². The summed E-state index contributed by atoms with van der Waals surface area (Å²) in [5, 5.41) is 0. The van der Waals surface area contributed by atoms with E-state index in [0.29, 0.717) is 6.29 Å². The largest absolute Gasteiger partial charge is 0.445 e. The second-order valence-electron chi connectivity index (χ2n) is 3.01. The summed E-state index contributed by atoms with van der Waals surface area (Å²) in [5.41, 5.74) is 0. The van der Waals surface area contributed by atoms with Gasteiger partial charge in [0.15, 0.2) is 0 Å². The molecule has 7 heteroatoms. The highest BCUT2D eigenvalue weighted by Crippen LogP contribution is 2.54. The number of aldehydes is 1. The minimum Gasteiger partial charge on any atom is -0.421 e. The van der Waals surface area contributed by atoms with Gasteiger partial charge < -0.3 is 9.32 Å². The van der Waals surface area contributed by atoms with Crippen LogP contribution in [-0.4, -0.2) is 19.1 Å². The van der Waals surface area contributed by atoms with Gasteiger partial charge in [0.1, 0.15) is 12.0 Å². The van der Waals surface area contributed by atoms with Gasteiger partial charge in [-0.2, -0.15) is 8.78 Å². The zero-order valence-electron chi connectivity index (χ0n) is 8.79. The van der Waals surface area contributed by atoms with E-state index in [0.717, 1.165) is 0 Å². The Morgan fingerprint density at radius 3 is 2.47 bits per heavy atom. The standard InChI is InChI=1S/C10H11F2O4P/c11-10(12)17(14,15-8-4-7-13)16-9-5-2-1-3-6-9/h1-3,5-7,10H,4,8H2. The zero-order chi connectivity index (χ0) is 12.7. The number of rotatable bonds is 7. The maximum Gasteiger partial charge on any atom is 0.445 e. The molecule has 1 aromatic carbocycles. The van der Waals surface area contributed by atoms with Crippen molar-refractivity contribution in [3.63, 3.8) is 0 Å². The van der Waals surface area contributed by atoms with E-state index in [-0.39, 0.29) is 18.8 Å². The fraction of sp³-hybridized carbons (Fsp3) is 0.300. The van der Waals surface area contributed by atoms with Gasteiger partial charge in [-0.05, 0) is 12.1 Å². The molecular weight excluding hydrogens is 253 g/mol. The molecule has 0 aromatic heterocycles. The molecule has 0 saturated carbocycles. The lowest BCUT2D eigenvalue weighted by Crippen LogP contribution is -2.07. The number of carbonyl (C=O) groups is 1. The minimum absolute atomic E-state index is 0.0298. The van der Waals surface area contributed by atoms with Gasteiger partial charge in [0.05, 0.1) is 6.61 Å². The number of hydrogen-bond acceptors (Lipinski definition) is 4. The van der Waals surface area contributed by atoms with Gasteiger partial charge in [0, 0.05) is 6.42 Å². The molecule has 0 aliphatic carbocycles. The second kappa shape index (κ2) is 6.47. The highest BCUT2D eigenvalue weighted by Gasteiger charge is 2.38. The van der Waals surface area contributed by atoms with Gasteiger partial charge in [-0.15, -0.1) is 0 Å². The van der Waals surface area contributed by atoms with Crippen LogP contribution in [0.5, 0.6) is 5.75 Å². The first-order valence-corrected chi connectivity index (χ1v) is 6.40. The smallest absolute Gasteiger partial charge is 0.421 e. The van der Waals surface area contributed by atoms with E-state index in [2.05, 4.69) is 9.05 Å². The summed E-state index contributed by atoms with van der Waals surface area (Å²) >= 11 is 0. The van der Waals surface area contributed by atoms with Crippen LogP contribution >= 0.6 is 7.60 Å². The zero-order valence-corrected chi connectivity index (χ0v) is 9.69. The molecule has 0 N–H and O–H groups in total. The lowest BCUT2D eigenvalue weighted by molar-refractivity contribution is -0.108. The fourth-order valence-electron chi connectivity index (χ4n) is 0.979. The first-order valence-electron chi connectivity index (χ1n) is 4.79. The topological polar surface area (TPSA) is 52.6 Å². The molecule has 0 fully saturated rings. The predicted molar refractivity (Wildman–Crippen MR) is 57.3 cm³/mol. The van der Waals surface area contributed by atoms with Gasteiger partial charge in [-0.25, -0.2) is 4.57 Å². The molecule has 1 atom stereocenters. The van der Waals surface area contributed by atoms with E-state index in [4.69, 9.17) is 0 Å². The van der Waals surface area contributed by atoms with Gasteiger partial charge >= 0.3 is 13.8 Å². The lowest BCUT2D eigenvalue weighted by Gasteiger charge is -2.17. The van der Waals surface area contributed by atoms with Crippen LogP contribution in [0.2, 0.25) is 0 Å². The van der Waals surface area contributed by atoms with Gasteiger partial charge in [-0.3, -0.25) is 4.52 Å². The second-order valence-corrected chi connectivity index (χ2v) is 4.92. The van der Waals surface area contributed by atoms with E-state index < -0.39 is 13.8 Å². The van der Waals surface area contributed by atoms with Gasteiger partial charge in [0.2, 0.25) is 0 Å². The average Bonchev–Trinajstić information content (AvgIpc) is 2.30. The Bertz CT molecular complexity index is 397. The third-order valence-electron chi connectivity index (χ3n) is 1.72. The van der Waals surface area contributed by atoms with Crippen molar-refractivity contribution in [1.82, 2.24) is 0 Å². The Labute approximate surface area is 97.1 Å². The molecule has 0 amide bonds. The van der Waals surface area contributed by atoms with E-state index in [1.165, 1.54) is 12.1 Å². The van der Waals surface area contributed by atoms with E-state index >= 15 is 0 Å². The summed E-state index contributed by atoms with van der Waals surface area (Å²) < 4.78 is 46.0. The number of alkyl halides is 2. The van der Waals surface area contributed by atoms with Crippen LogP contribution in [0.4, 0.5) is 8.78 Å². The minimum atomic E-state index is -4.54. The number of benzene rings is 1. The van der Waals surface area contributed by atoms with Crippen LogP contribution in [0.1, 0.15) is 6.42 Å². The van der Waals surface area contributed by atoms with Crippen LogP contribution in [-0.2, 0) is 13.9 Å². The molecule has 0 aliphatic heterocycles. The lowest BCUT2D eigenvalue weighted by atomic mass is 10.3. The summed E-state index contributed by atoms with van der Waals surface area (Å²) in [4.78, 5) is 10.0. The van der Waals surface area contributed by atoms with Crippen molar-refractivity contribution in [3.05, 3.63) is 30.3 Å². The van der Waals surface area contributed by atoms with Crippen molar-refractivity contribution in [3.8, 4) is 5.75 Å². The predicted octanol–water partition coefficient (Wildman–Crippen LogP) is 3.09. The molecule has 4 nitrogen and oxygen atoms in total. The molecule has 17 heavy (non-hydrogen) atoms. The monoisotopic (exact) mass is 264 g/mol. The first-order chi connectivity index (χ1) is 8.08.